The lowest BCUT2D eigenvalue weighted by molar-refractivity contribution is -0.131. The minimum absolute atomic E-state index is 0.338. The van der Waals surface area contributed by atoms with Gasteiger partial charge in [0.25, 0.3) is 0 Å². The van der Waals surface area contributed by atoms with Gasteiger partial charge in [-0.15, -0.1) is 0 Å². The molecule has 1 heterocycles. The van der Waals surface area contributed by atoms with Gasteiger partial charge in [0.2, 0.25) is 5.78 Å². The highest BCUT2D eigenvalue weighted by Gasteiger charge is 2.18. The SMILES string of the molecule is O=CC(=O)C1CNNCN1. The molecule has 0 aromatic carbocycles. The van der Waals surface area contributed by atoms with Crippen molar-refractivity contribution < 1.29 is 9.59 Å². The first-order valence-corrected chi connectivity index (χ1v) is 3.02. The fourth-order valence-electron chi connectivity index (χ4n) is 0.766. The van der Waals surface area contributed by atoms with Crippen LogP contribution in [0.2, 0.25) is 0 Å². The Hall–Kier alpha value is -0.780. The Kier molecular flexibility index (Phi) is 2.49. The van der Waals surface area contributed by atoms with Crippen molar-refractivity contribution in [2.45, 2.75) is 6.04 Å². The number of nitrogens with one attached hydrogen (secondary N) is 3. The van der Waals surface area contributed by atoms with E-state index in [0.29, 0.717) is 19.5 Å². The predicted octanol–water partition coefficient (Wildman–Crippen LogP) is -2.22. The summed E-state index contributed by atoms with van der Waals surface area (Å²) in [6, 6.07) is -0.362. The molecule has 0 spiro atoms. The molecule has 5 heteroatoms. The topological polar surface area (TPSA) is 70.2 Å². The number of ketones is 1. The van der Waals surface area contributed by atoms with Crippen LogP contribution in [-0.2, 0) is 9.59 Å². The van der Waals surface area contributed by atoms with Crippen LogP contribution >= 0.6 is 0 Å². The lowest BCUT2D eigenvalue weighted by atomic mass is 10.2. The van der Waals surface area contributed by atoms with Gasteiger partial charge in [-0.1, -0.05) is 0 Å². The van der Waals surface area contributed by atoms with Crippen molar-refractivity contribution in [2.24, 2.45) is 0 Å². The van der Waals surface area contributed by atoms with E-state index in [4.69, 9.17) is 0 Å². The molecule has 0 aromatic rings. The Morgan fingerprint density at radius 3 is 2.80 bits per heavy atom. The van der Waals surface area contributed by atoms with Gasteiger partial charge in [0.15, 0.2) is 6.29 Å². The van der Waals surface area contributed by atoms with Crippen LogP contribution in [0, 0.1) is 0 Å². The van der Waals surface area contributed by atoms with E-state index in [9.17, 15) is 9.59 Å². The van der Waals surface area contributed by atoms with Gasteiger partial charge < -0.3 is 0 Å². The summed E-state index contributed by atoms with van der Waals surface area (Å²) in [5.41, 5.74) is 5.52. The molecule has 56 valence electrons. The molecule has 0 bridgehead atoms. The first kappa shape index (κ1) is 7.33. The molecule has 10 heavy (non-hydrogen) atoms. The lowest BCUT2D eigenvalue weighted by Crippen LogP contribution is -2.58. The summed E-state index contributed by atoms with van der Waals surface area (Å²) >= 11 is 0. The average molecular weight is 143 g/mol. The molecule has 1 aliphatic heterocycles. The van der Waals surface area contributed by atoms with Crippen LogP contribution in [0.5, 0.6) is 0 Å². The molecule has 1 aliphatic rings. The van der Waals surface area contributed by atoms with E-state index in [2.05, 4.69) is 16.2 Å². The van der Waals surface area contributed by atoms with Crippen molar-refractivity contribution >= 4 is 12.1 Å². The molecule has 0 aromatic heterocycles. The Bertz CT molecular complexity index is 142. The molecular weight excluding hydrogens is 134 g/mol. The van der Waals surface area contributed by atoms with Crippen molar-refractivity contribution in [3.8, 4) is 0 Å². The fourth-order valence-corrected chi connectivity index (χ4v) is 0.766. The number of aldehydes is 1. The highest BCUT2D eigenvalue weighted by molar-refractivity contribution is 6.27. The van der Waals surface area contributed by atoms with Crippen molar-refractivity contribution in [3.63, 3.8) is 0 Å². The Balaban J connectivity index is 2.38. The molecule has 1 saturated heterocycles. The maximum atomic E-state index is 10.7. The third kappa shape index (κ3) is 1.60. The molecule has 0 aliphatic carbocycles. The quantitative estimate of drug-likeness (QED) is 0.302. The summed E-state index contributed by atoms with van der Waals surface area (Å²) in [4.78, 5) is 20.6. The second kappa shape index (κ2) is 3.40. The Morgan fingerprint density at radius 1 is 1.50 bits per heavy atom. The highest BCUT2D eigenvalue weighted by atomic mass is 16.2. The maximum Gasteiger partial charge on any atom is 0.213 e. The summed E-state index contributed by atoms with van der Waals surface area (Å²) in [5, 5.41) is 2.82. The number of hydrazine groups is 1. The zero-order valence-electron chi connectivity index (χ0n) is 5.39. The van der Waals surface area contributed by atoms with Crippen LogP contribution in [-0.4, -0.2) is 31.3 Å². The molecular formula is C5H9N3O2. The number of hydrogen-bond acceptors (Lipinski definition) is 5. The van der Waals surface area contributed by atoms with Crippen molar-refractivity contribution in [1.82, 2.24) is 16.2 Å². The van der Waals surface area contributed by atoms with Crippen LogP contribution in [0.15, 0.2) is 0 Å². The Morgan fingerprint density at radius 2 is 2.30 bits per heavy atom. The van der Waals surface area contributed by atoms with Crippen molar-refractivity contribution in [3.05, 3.63) is 0 Å². The van der Waals surface area contributed by atoms with Crippen LogP contribution < -0.4 is 16.2 Å². The van der Waals surface area contributed by atoms with Crippen LogP contribution in [0.1, 0.15) is 0 Å². The molecule has 1 atom stereocenters. The van der Waals surface area contributed by atoms with E-state index >= 15 is 0 Å². The molecule has 5 nitrogen and oxygen atoms in total. The predicted molar refractivity (Wildman–Crippen MR) is 34.0 cm³/mol. The fraction of sp³-hybridized carbons (Fsp3) is 0.600. The normalized spacial score (nSPS) is 25.8. The first-order valence-electron chi connectivity index (χ1n) is 3.02. The van der Waals surface area contributed by atoms with Gasteiger partial charge in [0, 0.05) is 6.54 Å². The van der Waals surface area contributed by atoms with Crippen LogP contribution in [0.4, 0.5) is 0 Å². The Labute approximate surface area is 58.1 Å². The first-order chi connectivity index (χ1) is 4.84. The number of hydrogen-bond donors (Lipinski definition) is 3. The van der Waals surface area contributed by atoms with E-state index < -0.39 is 5.78 Å². The maximum absolute atomic E-state index is 10.7. The second-order valence-corrected chi connectivity index (χ2v) is 2.01. The van der Waals surface area contributed by atoms with Gasteiger partial charge in [0.05, 0.1) is 12.7 Å². The minimum Gasteiger partial charge on any atom is -0.295 e. The molecule has 1 rings (SSSR count). The van der Waals surface area contributed by atoms with E-state index in [1.807, 2.05) is 0 Å². The number of carbonyl (C=O) groups is 2. The van der Waals surface area contributed by atoms with E-state index in [-0.39, 0.29) is 6.04 Å². The van der Waals surface area contributed by atoms with Crippen molar-refractivity contribution in [1.29, 1.82) is 0 Å². The van der Waals surface area contributed by atoms with Gasteiger partial charge >= 0.3 is 0 Å². The van der Waals surface area contributed by atoms with Gasteiger partial charge in [-0.2, -0.15) is 0 Å². The zero-order valence-corrected chi connectivity index (χ0v) is 5.39. The van der Waals surface area contributed by atoms with Crippen LogP contribution in [0.25, 0.3) is 0 Å². The molecule has 1 unspecified atom stereocenters. The number of carbonyl (C=O) groups excluding carboxylic acids is 2. The largest absolute Gasteiger partial charge is 0.295 e. The third-order valence-corrected chi connectivity index (χ3v) is 1.33. The second-order valence-electron chi connectivity index (χ2n) is 2.01. The monoisotopic (exact) mass is 143 g/mol. The van der Waals surface area contributed by atoms with E-state index in [0.717, 1.165) is 0 Å². The molecule has 3 N–H and O–H groups in total. The standard InChI is InChI=1S/C5H9N3O2/c9-2-5(10)4-1-7-8-3-6-4/h2,4,6-8H,1,3H2. The summed E-state index contributed by atoms with van der Waals surface area (Å²) in [7, 11) is 0. The van der Waals surface area contributed by atoms with Gasteiger partial charge in [-0.25, -0.2) is 5.43 Å². The number of rotatable bonds is 2. The van der Waals surface area contributed by atoms with E-state index in [1.165, 1.54) is 0 Å². The summed E-state index contributed by atoms with van der Waals surface area (Å²) in [6.07, 6.45) is 0.338. The molecule has 0 amide bonds. The molecule has 1 fully saturated rings. The summed E-state index contributed by atoms with van der Waals surface area (Å²) < 4.78 is 0. The van der Waals surface area contributed by atoms with Crippen LogP contribution in [0.3, 0.4) is 0 Å². The van der Waals surface area contributed by atoms with E-state index in [1.54, 1.807) is 0 Å². The highest BCUT2D eigenvalue weighted by Crippen LogP contribution is 1.83. The summed E-state index contributed by atoms with van der Waals surface area (Å²) in [6.45, 7) is 0.960. The third-order valence-electron chi connectivity index (χ3n) is 1.33. The number of Topliss-reactive ketones (excluding diaryl/α,β-unsaturated/α-hetero) is 1. The molecule has 0 radical (unpaired) electrons. The van der Waals surface area contributed by atoms with Gasteiger partial charge in [0.1, 0.15) is 0 Å². The van der Waals surface area contributed by atoms with Gasteiger partial charge in [-0.3, -0.25) is 20.3 Å². The average Bonchev–Trinajstić information content (AvgIpc) is 2.05. The summed E-state index contributed by atoms with van der Waals surface area (Å²) in [5.74, 6) is -0.408. The zero-order chi connectivity index (χ0) is 7.40. The van der Waals surface area contributed by atoms with Gasteiger partial charge in [-0.05, 0) is 0 Å². The minimum atomic E-state index is -0.408. The smallest absolute Gasteiger partial charge is 0.213 e. The van der Waals surface area contributed by atoms with Crippen molar-refractivity contribution in [2.75, 3.05) is 13.2 Å². The lowest BCUT2D eigenvalue weighted by Gasteiger charge is -2.21. The molecule has 0 saturated carbocycles.